The Kier molecular flexibility index (Phi) is 5.08. The van der Waals surface area contributed by atoms with Gasteiger partial charge in [-0.15, -0.1) is 0 Å². The molecule has 0 unspecified atom stereocenters. The second-order valence-electron chi connectivity index (χ2n) is 2.97. The first kappa shape index (κ1) is 13.3. The molecule has 1 aromatic carbocycles. The first-order valence-electron chi connectivity index (χ1n) is 4.50. The average molecular weight is 299 g/mol. The van der Waals surface area contributed by atoms with Gasteiger partial charge >= 0.3 is 6.18 Å². The summed E-state index contributed by atoms with van der Waals surface area (Å²) in [6.45, 7) is -1.24. The van der Waals surface area contributed by atoms with E-state index in [2.05, 4.69) is 20.7 Å². The van der Waals surface area contributed by atoms with Gasteiger partial charge < -0.3 is 9.47 Å². The molecule has 0 spiro atoms. The van der Waals surface area contributed by atoms with Crippen LogP contribution in [0.2, 0.25) is 0 Å². The third kappa shape index (κ3) is 5.97. The minimum Gasteiger partial charge on any atom is -0.491 e. The fourth-order valence-corrected chi connectivity index (χ4v) is 1.34. The summed E-state index contributed by atoms with van der Waals surface area (Å²) in [5.41, 5.74) is 0. The van der Waals surface area contributed by atoms with Crippen molar-refractivity contribution in [3.8, 4) is 5.75 Å². The average Bonchev–Trinajstić information content (AvgIpc) is 2.15. The molecule has 0 amide bonds. The summed E-state index contributed by atoms with van der Waals surface area (Å²) >= 11 is 3.25. The van der Waals surface area contributed by atoms with Gasteiger partial charge in [-0.25, -0.2) is 0 Å². The summed E-state index contributed by atoms with van der Waals surface area (Å²) in [6, 6.07) is 7.04. The summed E-state index contributed by atoms with van der Waals surface area (Å²) in [5.74, 6) is 0.588. The van der Waals surface area contributed by atoms with Crippen LogP contribution in [-0.2, 0) is 4.74 Å². The molecule has 0 bridgehead atoms. The molecule has 0 fully saturated rings. The Balaban J connectivity index is 2.17. The Labute approximate surface area is 99.5 Å². The van der Waals surface area contributed by atoms with Crippen LogP contribution in [0, 0.1) is 0 Å². The highest BCUT2D eigenvalue weighted by molar-refractivity contribution is 9.10. The van der Waals surface area contributed by atoms with Crippen molar-refractivity contribution in [2.75, 3.05) is 19.8 Å². The smallest absolute Gasteiger partial charge is 0.411 e. The number of halogens is 4. The Morgan fingerprint density at radius 1 is 1.19 bits per heavy atom. The summed E-state index contributed by atoms with van der Waals surface area (Å²) in [4.78, 5) is 0. The van der Waals surface area contributed by atoms with Crippen molar-refractivity contribution in [1.82, 2.24) is 0 Å². The molecule has 0 saturated heterocycles. The molecule has 0 saturated carbocycles. The zero-order valence-electron chi connectivity index (χ0n) is 8.26. The van der Waals surface area contributed by atoms with E-state index in [0.717, 1.165) is 4.47 Å². The van der Waals surface area contributed by atoms with E-state index in [1.165, 1.54) is 0 Å². The van der Waals surface area contributed by atoms with Crippen molar-refractivity contribution in [2.24, 2.45) is 0 Å². The van der Waals surface area contributed by atoms with E-state index < -0.39 is 12.8 Å². The van der Waals surface area contributed by atoms with Crippen molar-refractivity contribution in [3.05, 3.63) is 28.7 Å². The van der Waals surface area contributed by atoms with Crippen molar-refractivity contribution in [3.63, 3.8) is 0 Å². The molecule has 0 heterocycles. The van der Waals surface area contributed by atoms with Crippen LogP contribution in [-0.4, -0.2) is 26.0 Å². The number of benzene rings is 1. The molecular weight excluding hydrogens is 289 g/mol. The van der Waals surface area contributed by atoms with Gasteiger partial charge in [-0.1, -0.05) is 22.0 Å². The van der Waals surface area contributed by atoms with Gasteiger partial charge in [0.05, 0.1) is 6.61 Å². The van der Waals surface area contributed by atoms with Crippen LogP contribution < -0.4 is 4.74 Å². The number of hydrogen-bond acceptors (Lipinski definition) is 2. The largest absolute Gasteiger partial charge is 0.491 e. The molecule has 6 heteroatoms. The van der Waals surface area contributed by atoms with Gasteiger partial charge in [-0.2, -0.15) is 13.2 Å². The zero-order valence-corrected chi connectivity index (χ0v) is 9.85. The summed E-state index contributed by atoms with van der Waals surface area (Å²) in [6.07, 6.45) is -4.28. The van der Waals surface area contributed by atoms with E-state index in [0.29, 0.717) is 5.75 Å². The molecule has 16 heavy (non-hydrogen) atoms. The predicted octanol–water partition coefficient (Wildman–Crippen LogP) is 3.41. The minimum absolute atomic E-state index is 0.0898. The van der Waals surface area contributed by atoms with Gasteiger partial charge in [0.15, 0.2) is 0 Å². The first-order valence-corrected chi connectivity index (χ1v) is 5.29. The first-order chi connectivity index (χ1) is 7.47. The highest BCUT2D eigenvalue weighted by atomic mass is 79.9. The lowest BCUT2D eigenvalue weighted by molar-refractivity contribution is -0.175. The monoisotopic (exact) mass is 298 g/mol. The van der Waals surface area contributed by atoms with Crippen molar-refractivity contribution >= 4 is 15.9 Å². The van der Waals surface area contributed by atoms with E-state index >= 15 is 0 Å². The molecule has 2 nitrogen and oxygen atoms in total. The Hall–Kier alpha value is -0.750. The van der Waals surface area contributed by atoms with Gasteiger partial charge in [0.2, 0.25) is 0 Å². The quantitative estimate of drug-likeness (QED) is 0.776. The third-order valence-corrected chi connectivity index (χ3v) is 2.05. The fourth-order valence-electron chi connectivity index (χ4n) is 0.963. The Morgan fingerprint density at radius 3 is 2.56 bits per heavy atom. The van der Waals surface area contributed by atoms with Gasteiger partial charge in [0, 0.05) is 4.47 Å². The molecule has 1 aromatic rings. The van der Waals surface area contributed by atoms with Crippen LogP contribution in [0.4, 0.5) is 13.2 Å². The van der Waals surface area contributed by atoms with Gasteiger partial charge in [0.25, 0.3) is 0 Å². The zero-order chi connectivity index (χ0) is 12.0. The second kappa shape index (κ2) is 6.10. The van der Waals surface area contributed by atoms with E-state index in [4.69, 9.17) is 4.74 Å². The van der Waals surface area contributed by atoms with Crippen LogP contribution in [0.5, 0.6) is 5.75 Å². The van der Waals surface area contributed by atoms with E-state index in [1.54, 1.807) is 18.2 Å². The lowest BCUT2D eigenvalue weighted by atomic mass is 10.3. The maximum atomic E-state index is 11.7. The predicted molar refractivity (Wildman–Crippen MR) is 56.5 cm³/mol. The van der Waals surface area contributed by atoms with Gasteiger partial charge in [-0.3, -0.25) is 0 Å². The lowest BCUT2D eigenvalue weighted by Crippen LogP contribution is -2.19. The van der Waals surface area contributed by atoms with E-state index in [1.807, 2.05) is 6.07 Å². The Bertz CT molecular complexity index is 328. The van der Waals surface area contributed by atoms with Crippen LogP contribution in [0.3, 0.4) is 0 Å². The highest BCUT2D eigenvalue weighted by Crippen LogP contribution is 2.18. The number of hydrogen-bond donors (Lipinski definition) is 0. The molecule has 90 valence electrons. The molecule has 1 rings (SSSR count). The fraction of sp³-hybridized carbons (Fsp3) is 0.400. The molecule has 0 aliphatic carbocycles. The normalized spacial score (nSPS) is 11.5. The molecule has 0 N–H and O–H groups in total. The van der Waals surface area contributed by atoms with E-state index in [-0.39, 0.29) is 13.2 Å². The van der Waals surface area contributed by atoms with Crippen LogP contribution >= 0.6 is 15.9 Å². The van der Waals surface area contributed by atoms with Gasteiger partial charge in [-0.05, 0) is 18.2 Å². The number of alkyl halides is 3. The summed E-state index contributed by atoms with van der Waals surface area (Å²) < 4.78 is 45.5. The maximum absolute atomic E-state index is 11.7. The minimum atomic E-state index is -4.28. The highest BCUT2D eigenvalue weighted by Gasteiger charge is 2.27. The van der Waals surface area contributed by atoms with Crippen LogP contribution in [0.15, 0.2) is 28.7 Å². The molecule has 0 aliphatic heterocycles. The SMILES string of the molecule is FC(F)(F)COCCOc1cccc(Br)c1. The maximum Gasteiger partial charge on any atom is 0.411 e. The molecule has 0 aliphatic rings. The van der Waals surface area contributed by atoms with Crippen molar-refractivity contribution in [1.29, 1.82) is 0 Å². The standard InChI is InChI=1S/C10H10BrF3O2/c11-8-2-1-3-9(6-8)16-5-4-15-7-10(12,13)14/h1-3,6H,4-5,7H2. The molecule has 0 aromatic heterocycles. The van der Waals surface area contributed by atoms with Crippen molar-refractivity contribution < 1.29 is 22.6 Å². The van der Waals surface area contributed by atoms with Crippen molar-refractivity contribution in [2.45, 2.75) is 6.18 Å². The third-order valence-electron chi connectivity index (χ3n) is 1.56. The summed E-state index contributed by atoms with van der Waals surface area (Å²) in [7, 11) is 0. The molecule has 0 radical (unpaired) electrons. The topological polar surface area (TPSA) is 18.5 Å². The molecular formula is C10H10BrF3O2. The van der Waals surface area contributed by atoms with Crippen LogP contribution in [0.25, 0.3) is 0 Å². The van der Waals surface area contributed by atoms with E-state index in [9.17, 15) is 13.2 Å². The van der Waals surface area contributed by atoms with Gasteiger partial charge in [0.1, 0.15) is 19.0 Å². The second-order valence-corrected chi connectivity index (χ2v) is 3.89. The Morgan fingerprint density at radius 2 is 1.94 bits per heavy atom. The lowest BCUT2D eigenvalue weighted by Gasteiger charge is -2.09. The summed E-state index contributed by atoms with van der Waals surface area (Å²) in [5, 5.41) is 0. The number of ether oxygens (including phenoxy) is 2. The molecule has 0 atom stereocenters. The van der Waals surface area contributed by atoms with Crippen LogP contribution in [0.1, 0.15) is 0 Å². The number of rotatable bonds is 5.